The van der Waals surface area contributed by atoms with Gasteiger partial charge in [0.25, 0.3) is 0 Å². The Labute approximate surface area is 199 Å². The molecular formula is C23H37N5O6. The second-order valence-electron chi connectivity index (χ2n) is 8.45. The van der Waals surface area contributed by atoms with Gasteiger partial charge in [-0.1, -0.05) is 44.2 Å². The van der Waals surface area contributed by atoms with Crippen LogP contribution in [0, 0.1) is 5.92 Å². The van der Waals surface area contributed by atoms with Crippen molar-refractivity contribution >= 4 is 23.7 Å². The molecule has 0 fully saturated rings. The molecule has 1 rings (SSSR count). The first-order chi connectivity index (χ1) is 16.1. The molecule has 4 unspecified atom stereocenters. The molecule has 34 heavy (non-hydrogen) atoms. The van der Waals surface area contributed by atoms with Crippen LogP contribution in [0.2, 0.25) is 0 Å². The Hall–Kier alpha value is -3.02. The molecule has 1 aromatic rings. The van der Waals surface area contributed by atoms with E-state index in [2.05, 4.69) is 16.0 Å². The van der Waals surface area contributed by atoms with Crippen LogP contribution in [0.1, 0.15) is 38.7 Å². The number of nitrogens with one attached hydrogen (secondary N) is 3. The summed E-state index contributed by atoms with van der Waals surface area (Å²) in [7, 11) is 0. The maximum absolute atomic E-state index is 13.1. The van der Waals surface area contributed by atoms with Crippen molar-refractivity contribution in [2.45, 2.75) is 63.7 Å². The minimum absolute atomic E-state index is 0.114. The zero-order valence-corrected chi connectivity index (χ0v) is 19.7. The highest BCUT2D eigenvalue weighted by Gasteiger charge is 2.31. The van der Waals surface area contributed by atoms with Crippen LogP contribution in [0.4, 0.5) is 0 Å². The lowest BCUT2D eigenvalue weighted by Gasteiger charge is -2.26. The number of aliphatic hydroxyl groups is 1. The van der Waals surface area contributed by atoms with Crippen molar-refractivity contribution in [3.05, 3.63) is 35.9 Å². The third kappa shape index (κ3) is 9.86. The zero-order valence-electron chi connectivity index (χ0n) is 19.7. The van der Waals surface area contributed by atoms with E-state index in [1.807, 2.05) is 6.07 Å². The van der Waals surface area contributed by atoms with Gasteiger partial charge in [0.1, 0.15) is 24.2 Å². The Balaban J connectivity index is 3.09. The number of benzene rings is 1. The molecule has 0 aliphatic carbocycles. The van der Waals surface area contributed by atoms with Crippen LogP contribution in [-0.4, -0.2) is 71.2 Å². The Bertz CT molecular complexity index is 804. The Kier molecular flexibility index (Phi) is 12.8. The number of carboxylic acids is 1. The number of rotatable bonds is 15. The molecule has 0 saturated carbocycles. The molecule has 0 aromatic heterocycles. The quantitative estimate of drug-likeness (QED) is 0.153. The number of unbranched alkanes of at least 4 members (excludes halogenated alkanes) is 1. The van der Waals surface area contributed by atoms with Gasteiger partial charge in [-0.3, -0.25) is 14.4 Å². The van der Waals surface area contributed by atoms with Gasteiger partial charge in [-0.15, -0.1) is 0 Å². The molecule has 0 bridgehead atoms. The lowest BCUT2D eigenvalue weighted by molar-refractivity contribution is -0.143. The van der Waals surface area contributed by atoms with Gasteiger partial charge in [0.2, 0.25) is 17.7 Å². The van der Waals surface area contributed by atoms with Crippen molar-refractivity contribution in [1.82, 2.24) is 16.0 Å². The van der Waals surface area contributed by atoms with Crippen molar-refractivity contribution in [1.29, 1.82) is 0 Å². The largest absolute Gasteiger partial charge is 0.480 e. The van der Waals surface area contributed by atoms with E-state index in [0.717, 1.165) is 5.56 Å². The molecule has 190 valence electrons. The van der Waals surface area contributed by atoms with Crippen LogP contribution >= 0.6 is 0 Å². The topological polar surface area (TPSA) is 197 Å². The zero-order chi connectivity index (χ0) is 25.7. The third-order valence-electron chi connectivity index (χ3n) is 5.26. The number of aliphatic hydroxyl groups excluding tert-OH is 1. The predicted molar refractivity (Wildman–Crippen MR) is 126 cm³/mol. The van der Waals surface area contributed by atoms with Gasteiger partial charge in [0, 0.05) is 6.42 Å². The average molecular weight is 480 g/mol. The van der Waals surface area contributed by atoms with Gasteiger partial charge >= 0.3 is 5.97 Å². The number of nitrogens with two attached hydrogens (primary N) is 2. The number of hydrogen-bond donors (Lipinski definition) is 7. The molecular weight excluding hydrogens is 442 g/mol. The fraction of sp³-hybridized carbons (Fsp3) is 0.565. The van der Waals surface area contributed by atoms with E-state index < -0.39 is 54.5 Å². The first kappa shape index (κ1) is 29.0. The average Bonchev–Trinajstić information content (AvgIpc) is 2.80. The summed E-state index contributed by atoms with van der Waals surface area (Å²) in [5.41, 5.74) is 11.8. The first-order valence-electron chi connectivity index (χ1n) is 11.3. The molecule has 3 amide bonds. The summed E-state index contributed by atoms with van der Waals surface area (Å²) in [4.78, 5) is 49.8. The van der Waals surface area contributed by atoms with E-state index in [0.29, 0.717) is 19.4 Å². The minimum Gasteiger partial charge on any atom is -0.480 e. The molecule has 11 nitrogen and oxygen atoms in total. The summed E-state index contributed by atoms with van der Waals surface area (Å²) in [5, 5.41) is 26.2. The van der Waals surface area contributed by atoms with E-state index in [1.165, 1.54) is 0 Å². The molecule has 0 aliphatic heterocycles. The van der Waals surface area contributed by atoms with Gasteiger partial charge in [-0.2, -0.15) is 0 Å². The molecule has 11 heteroatoms. The van der Waals surface area contributed by atoms with Crippen LogP contribution in [-0.2, 0) is 25.6 Å². The first-order valence-corrected chi connectivity index (χ1v) is 11.3. The molecule has 0 aliphatic rings. The highest BCUT2D eigenvalue weighted by Crippen LogP contribution is 2.08. The Morgan fingerprint density at radius 2 is 1.50 bits per heavy atom. The normalized spacial score (nSPS) is 14.5. The van der Waals surface area contributed by atoms with E-state index in [-0.39, 0.29) is 18.8 Å². The number of hydrogen-bond acceptors (Lipinski definition) is 7. The van der Waals surface area contributed by atoms with Crippen molar-refractivity contribution in [3.63, 3.8) is 0 Å². The highest BCUT2D eigenvalue weighted by atomic mass is 16.4. The van der Waals surface area contributed by atoms with E-state index in [4.69, 9.17) is 16.6 Å². The van der Waals surface area contributed by atoms with E-state index >= 15 is 0 Å². The summed E-state index contributed by atoms with van der Waals surface area (Å²) in [5.74, 6) is -3.54. The molecule has 1 aromatic carbocycles. The van der Waals surface area contributed by atoms with Gasteiger partial charge in [-0.05, 0) is 37.3 Å². The predicted octanol–water partition coefficient (Wildman–Crippen LogP) is -1.13. The number of carbonyl (C=O) groups is 4. The Morgan fingerprint density at radius 1 is 0.912 bits per heavy atom. The fourth-order valence-corrected chi connectivity index (χ4v) is 3.22. The number of aliphatic carboxylic acids is 1. The van der Waals surface area contributed by atoms with Gasteiger partial charge in [0.05, 0.1) is 6.61 Å². The maximum atomic E-state index is 13.1. The molecule has 4 atom stereocenters. The molecule has 0 radical (unpaired) electrons. The van der Waals surface area contributed by atoms with Crippen molar-refractivity contribution < 1.29 is 29.4 Å². The number of carbonyl (C=O) groups excluding carboxylic acids is 3. The van der Waals surface area contributed by atoms with Gasteiger partial charge in [-0.25, -0.2) is 4.79 Å². The van der Waals surface area contributed by atoms with Crippen molar-refractivity contribution in [3.8, 4) is 0 Å². The standard InChI is InChI=1S/C23H37N5O6/c1-14(2)19(23(33)34)28-22(32)18(12-15-8-4-3-5-9-15)27-21(31)17(10-6-7-11-24)26-20(30)16(25)13-29/h3-5,8-9,14,16-19,29H,6-7,10-13,24-25H2,1-2H3,(H,26,30)(H,27,31)(H,28,32)(H,33,34). The Morgan fingerprint density at radius 3 is 2.03 bits per heavy atom. The summed E-state index contributed by atoms with van der Waals surface area (Å²) in [6.45, 7) is 3.14. The van der Waals surface area contributed by atoms with Crippen LogP contribution in [0.15, 0.2) is 30.3 Å². The van der Waals surface area contributed by atoms with Crippen LogP contribution < -0.4 is 27.4 Å². The summed E-state index contributed by atoms with van der Waals surface area (Å²) in [6, 6.07) is 4.51. The summed E-state index contributed by atoms with van der Waals surface area (Å²) < 4.78 is 0. The monoisotopic (exact) mass is 479 g/mol. The molecule has 0 spiro atoms. The summed E-state index contributed by atoms with van der Waals surface area (Å²) in [6.07, 6.45) is 1.51. The number of amides is 3. The smallest absolute Gasteiger partial charge is 0.326 e. The highest BCUT2D eigenvalue weighted by molar-refractivity contribution is 5.94. The van der Waals surface area contributed by atoms with Gasteiger partial charge < -0.3 is 37.6 Å². The van der Waals surface area contributed by atoms with E-state index in [1.54, 1.807) is 38.1 Å². The lowest BCUT2D eigenvalue weighted by Crippen LogP contribution is -2.58. The second kappa shape index (κ2) is 15.0. The maximum Gasteiger partial charge on any atom is 0.326 e. The fourth-order valence-electron chi connectivity index (χ4n) is 3.22. The van der Waals surface area contributed by atoms with Crippen molar-refractivity contribution in [2.75, 3.05) is 13.2 Å². The second-order valence-corrected chi connectivity index (χ2v) is 8.45. The van der Waals surface area contributed by atoms with Crippen LogP contribution in [0.25, 0.3) is 0 Å². The third-order valence-corrected chi connectivity index (χ3v) is 5.26. The minimum atomic E-state index is -1.20. The number of carboxylic acid groups (broad SMARTS) is 1. The summed E-state index contributed by atoms with van der Waals surface area (Å²) >= 11 is 0. The van der Waals surface area contributed by atoms with Gasteiger partial charge in [0.15, 0.2) is 0 Å². The molecule has 9 N–H and O–H groups in total. The van der Waals surface area contributed by atoms with Crippen molar-refractivity contribution in [2.24, 2.45) is 17.4 Å². The molecule has 0 heterocycles. The van der Waals surface area contributed by atoms with Crippen LogP contribution in [0.3, 0.4) is 0 Å². The SMILES string of the molecule is CC(C)C(NC(=O)C(Cc1ccccc1)NC(=O)C(CCCCN)NC(=O)C(N)CO)C(=O)O. The van der Waals surface area contributed by atoms with E-state index in [9.17, 15) is 24.3 Å². The lowest BCUT2D eigenvalue weighted by atomic mass is 10.0. The molecule has 0 saturated heterocycles. The van der Waals surface area contributed by atoms with Crippen LogP contribution in [0.5, 0.6) is 0 Å².